The van der Waals surface area contributed by atoms with Crippen LogP contribution >= 0.6 is 0 Å². The summed E-state index contributed by atoms with van der Waals surface area (Å²) >= 11 is 0. The van der Waals surface area contributed by atoms with Crippen LogP contribution in [0.15, 0.2) is 0 Å². The van der Waals surface area contributed by atoms with Crippen molar-refractivity contribution < 1.29 is 9.59 Å². The Hall–Kier alpha value is -0.900. The molecule has 146 valence electrons. The summed E-state index contributed by atoms with van der Waals surface area (Å²) in [6.07, 6.45) is 4.96. The molecule has 4 heteroatoms. The van der Waals surface area contributed by atoms with E-state index in [2.05, 4.69) is 53.8 Å². The number of nitrogens with zero attached hydrogens (tertiary/aromatic N) is 1. The van der Waals surface area contributed by atoms with E-state index in [4.69, 9.17) is 0 Å². The van der Waals surface area contributed by atoms with E-state index in [1.807, 2.05) is 0 Å². The average molecular weight is 361 g/mol. The lowest BCUT2D eigenvalue weighted by Crippen LogP contribution is -2.63. The van der Waals surface area contributed by atoms with Crippen molar-refractivity contribution in [1.82, 2.24) is 10.2 Å². The van der Waals surface area contributed by atoms with Crippen LogP contribution in [0, 0.1) is 28.6 Å². The Balaban J connectivity index is 1.71. The molecule has 0 spiro atoms. The van der Waals surface area contributed by atoms with Crippen LogP contribution in [0.25, 0.3) is 0 Å². The molecule has 2 aliphatic heterocycles. The monoisotopic (exact) mass is 360 g/mol. The normalized spacial score (nSPS) is 43.7. The summed E-state index contributed by atoms with van der Waals surface area (Å²) in [4.78, 5) is 28.9. The lowest BCUT2D eigenvalue weighted by atomic mass is 9.44. The summed E-state index contributed by atoms with van der Waals surface area (Å²) in [7, 11) is 0. The second-order valence-electron chi connectivity index (χ2n) is 12.0. The van der Waals surface area contributed by atoms with Crippen molar-refractivity contribution in [2.45, 2.75) is 97.7 Å². The molecule has 3 saturated carbocycles. The Bertz CT molecular complexity index is 649. The van der Waals surface area contributed by atoms with Gasteiger partial charge in [-0.1, -0.05) is 20.8 Å². The maximum absolute atomic E-state index is 13.6. The maximum Gasteiger partial charge on any atom is 0.233 e. The second-order valence-corrected chi connectivity index (χ2v) is 12.0. The van der Waals surface area contributed by atoms with E-state index >= 15 is 0 Å². The summed E-state index contributed by atoms with van der Waals surface area (Å²) in [6.45, 7) is 15.6. The molecule has 26 heavy (non-hydrogen) atoms. The highest BCUT2D eigenvalue weighted by molar-refractivity contribution is 6.06. The van der Waals surface area contributed by atoms with Gasteiger partial charge in [-0.25, -0.2) is 0 Å². The van der Waals surface area contributed by atoms with E-state index < -0.39 is 0 Å². The highest BCUT2D eigenvalue weighted by Crippen LogP contribution is 2.66. The second kappa shape index (κ2) is 5.12. The number of hydrogen-bond acceptors (Lipinski definition) is 3. The summed E-state index contributed by atoms with van der Waals surface area (Å²) in [6, 6.07) is 0.0259. The van der Waals surface area contributed by atoms with Crippen molar-refractivity contribution in [2.24, 2.45) is 28.6 Å². The minimum absolute atomic E-state index is 0.0115. The van der Waals surface area contributed by atoms with Crippen molar-refractivity contribution in [3.8, 4) is 0 Å². The van der Waals surface area contributed by atoms with Gasteiger partial charge in [0.05, 0.1) is 11.8 Å². The lowest BCUT2D eigenvalue weighted by Gasteiger charge is -2.58. The fourth-order valence-electron chi connectivity index (χ4n) is 7.73. The van der Waals surface area contributed by atoms with Gasteiger partial charge >= 0.3 is 0 Å². The fraction of sp³-hybridized carbons (Fsp3) is 0.909. The third-order valence-electron chi connectivity index (χ3n) is 7.99. The molecule has 2 heterocycles. The average Bonchev–Trinajstić information content (AvgIpc) is 2.67. The molecule has 3 aliphatic carbocycles. The van der Waals surface area contributed by atoms with Crippen molar-refractivity contribution in [3.63, 3.8) is 0 Å². The molecule has 5 rings (SSSR count). The van der Waals surface area contributed by atoms with Gasteiger partial charge in [0.25, 0.3) is 0 Å². The third kappa shape index (κ3) is 2.51. The molecule has 2 bridgehead atoms. The number of carbonyl (C=O) groups excluding carboxylic acids is 2. The van der Waals surface area contributed by atoms with Gasteiger partial charge in [0.15, 0.2) is 0 Å². The molecule has 2 saturated heterocycles. The molecule has 0 aromatic carbocycles. The number of imide groups is 1. The van der Waals surface area contributed by atoms with Crippen LogP contribution < -0.4 is 5.32 Å². The van der Waals surface area contributed by atoms with Crippen LogP contribution in [0.5, 0.6) is 0 Å². The number of amides is 2. The molecule has 4 atom stereocenters. The molecule has 0 radical (unpaired) electrons. The Morgan fingerprint density at radius 1 is 0.923 bits per heavy atom. The van der Waals surface area contributed by atoms with E-state index in [-0.39, 0.29) is 51.6 Å². The zero-order chi connectivity index (χ0) is 19.3. The highest BCUT2D eigenvalue weighted by Gasteiger charge is 2.67. The smallest absolute Gasteiger partial charge is 0.233 e. The molecule has 0 aromatic heterocycles. The topological polar surface area (TPSA) is 49.4 Å². The van der Waals surface area contributed by atoms with E-state index in [1.165, 1.54) is 0 Å². The summed E-state index contributed by atoms with van der Waals surface area (Å²) in [5.74, 6) is 0.482. The molecular weight excluding hydrogens is 324 g/mol. The van der Waals surface area contributed by atoms with Crippen molar-refractivity contribution >= 4 is 11.8 Å². The molecule has 5 fully saturated rings. The third-order valence-corrected chi connectivity index (χ3v) is 7.99. The Kier molecular flexibility index (Phi) is 3.64. The van der Waals surface area contributed by atoms with Crippen molar-refractivity contribution in [3.05, 3.63) is 0 Å². The quantitative estimate of drug-likeness (QED) is 0.725. The number of fused-ring (bicyclic) bond motifs is 2. The molecule has 4 nitrogen and oxygen atoms in total. The maximum atomic E-state index is 13.6. The number of piperidine rings is 1. The summed E-state index contributed by atoms with van der Waals surface area (Å²) in [5, 5.41) is 3.68. The minimum Gasteiger partial charge on any atom is -0.307 e. The first kappa shape index (κ1) is 18.5. The Morgan fingerprint density at radius 3 is 2.04 bits per heavy atom. The van der Waals surface area contributed by atoms with Crippen molar-refractivity contribution in [2.75, 3.05) is 0 Å². The van der Waals surface area contributed by atoms with Crippen LogP contribution in [0.3, 0.4) is 0 Å². The molecule has 5 aliphatic rings. The first-order valence-corrected chi connectivity index (χ1v) is 10.4. The number of nitrogens with one attached hydrogen (secondary N) is 1. The molecule has 1 N–H and O–H groups in total. The van der Waals surface area contributed by atoms with Gasteiger partial charge in [-0.3, -0.25) is 14.5 Å². The Morgan fingerprint density at radius 2 is 1.50 bits per heavy atom. The van der Waals surface area contributed by atoms with Crippen molar-refractivity contribution in [1.29, 1.82) is 0 Å². The lowest BCUT2D eigenvalue weighted by molar-refractivity contribution is -0.152. The predicted molar refractivity (Wildman–Crippen MR) is 102 cm³/mol. The Labute approximate surface area is 158 Å². The van der Waals surface area contributed by atoms with Crippen LogP contribution in [0.2, 0.25) is 0 Å². The van der Waals surface area contributed by atoms with E-state index in [0.29, 0.717) is 5.92 Å². The number of likely N-dealkylation sites (tertiary alicyclic amines) is 1. The van der Waals surface area contributed by atoms with Gasteiger partial charge in [0, 0.05) is 17.1 Å². The molecular formula is C22H36N2O2. The zero-order valence-corrected chi connectivity index (χ0v) is 17.6. The minimum atomic E-state index is -0.0807. The van der Waals surface area contributed by atoms with Gasteiger partial charge < -0.3 is 5.32 Å². The van der Waals surface area contributed by atoms with Crippen LogP contribution in [-0.4, -0.2) is 33.8 Å². The summed E-state index contributed by atoms with van der Waals surface area (Å²) < 4.78 is 0. The van der Waals surface area contributed by atoms with E-state index in [1.54, 1.807) is 4.90 Å². The van der Waals surface area contributed by atoms with Gasteiger partial charge in [0.1, 0.15) is 0 Å². The summed E-state index contributed by atoms with van der Waals surface area (Å²) in [5.41, 5.74) is 0.0148. The van der Waals surface area contributed by atoms with Crippen LogP contribution in [-0.2, 0) is 9.59 Å². The van der Waals surface area contributed by atoms with Gasteiger partial charge in [0.2, 0.25) is 11.8 Å². The van der Waals surface area contributed by atoms with E-state index in [0.717, 1.165) is 32.1 Å². The number of carbonyl (C=O) groups is 2. The predicted octanol–water partition coefficient (Wildman–Crippen LogP) is 3.74. The SMILES string of the molecule is CC1(C)CC(N2C(=O)C3C4CCC(C)(CC4(C)C)C3C2=O)CC(C)(C)N1. The fourth-order valence-corrected chi connectivity index (χ4v) is 7.73. The van der Waals surface area contributed by atoms with Gasteiger partial charge in [-0.05, 0) is 76.5 Å². The highest BCUT2D eigenvalue weighted by atomic mass is 16.2. The van der Waals surface area contributed by atoms with Gasteiger partial charge in [-0.15, -0.1) is 0 Å². The largest absolute Gasteiger partial charge is 0.307 e. The molecule has 2 amide bonds. The van der Waals surface area contributed by atoms with Crippen LogP contribution in [0.1, 0.15) is 80.6 Å². The molecule has 0 aromatic rings. The number of hydrogen-bond donors (Lipinski definition) is 1. The molecule has 4 unspecified atom stereocenters. The number of rotatable bonds is 1. The zero-order valence-electron chi connectivity index (χ0n) is 17.6. The van der Waals surface area contributed by atoms with Gasteiger partial charge in [-0.2, -0.15) is 0 Å². The standard InChI is InChI=1S/C22H36N2O2/c1-19(2)12-22(7)9-8-14(19)15-16(22)18(26)24(17(15)25)13-10-20(3,4)23-21(5,6)11-13/h13-16,23H,8-12H2,1-7H3. The first-order chi connectivity index (χ1) is 11.8. The van der Waals surface area contributed by atoms with E-state index in [9.17, 15) is 9.59 Å². The van der Waals surface area contributed by atoms with Crippen LogP contribution in [0.4, 0.5) is 0 Å². The first-order valence-electron chi connectivity index (χ1n) is 10.4.